The van der Waals surface area contributed by atoms with E-state index in [1.165, 1.54) is 0 Å². The molecule has 202 valence electrons. The molecule has 1 N–H and O–H groups in total. The van der Waals surface area contributed by atoms with Gasteiger partial charge in [-0.15, -0.1) is 0 Å². The molecule has 41 heavy (non-hydrogen) atoms. The highest BCUT2D eigenvalue weighted by Gasteiger charge is 2.02. The molecule has 0 saturated carbocycles. The largest absolute Gasteiger partial charge is 0.508 e. The van der Waals surface area contributed by atoms with E-state index in [-0.39, 0.29) is 5.75 Å². The normalized spacial score (nSPS) is 11.6. The van der Waals surface area contributed by atoms with Crippen molar-refractivity contribution in [2.24, 2.45) is 30.7 Å². The van der Waals surface area contributed by atoms with Crippen LogP contribution in [0.1, 0.15) is 16.7 Å². The zero-order valence-corrected chi connectivity index (χ0v) is 22.7. The second-order valence-electron chi connectivity index (χ2n) is 9.33. The molecule has 0 saturated heterocycles. The SMILES string of the molecule is Cc1cc(O)ccc1N=Nc1ccc(N=Nc2ccc(N=Nc3ccc(OCc4ccccc4)cc3C)cc2)cc1. The predicted molar refractivity (Wildman–Crippen MR) is 160 cm³/mol. The van der Waals surface area contributed by atoms with Crippen molar-refractivity contribution in [1.82, 2.24) is 0 Å². The van der Waals surface area contributed by atoms with Crippen LogP contribution in [0.4, 0.5) is 34.1 Å². The number of nitrogens with zero attached hydrogens (tertiary/aromatic N) is 6. The van der Waals surface area contributed by atoms with Crippen LogP contribution in [0.3, 0.4) is 0 Å². The molecule has 0 spiro atoms. The minimum atomic E-state index is 0.206. The summed E-state index contributed by atoms with van der Waals surface area (Å²) < 4.78 is 5.89. The average molecular weight is 541 g/mol. The first-order chi connectivity index (χ1) is 20.0. The Hall–Kier alpha value is -5.50. The van der Waals surface area contributed by atoms with Gasteiger partial charge in [0.05, 0.1) is 34.1 Å². The Morgan fingerprint density at radius 3 is 1.46 bits per heavy atom. The van der Waals surface area contributed by atoms with Crippen LogP contribution in [0, 0.1) is 13.8 Å². The maximum absolute atomic E-state index is 9.52. The van der Waals surface area contributed by atoms with Gasteiger partial charge in [-0.3, -0.25) is 0 Å². The molecule has 0 amide bonds. The van der Waals surface area contributed by atoms with Crippen LogP contribution in [0.15, 0.2) is 146 Å². The van der Waals surface area contributed by atoms with Crippen molar-refractivity contribution < 1.29 is 9.84 Å². The van der Waals surface area contributed by atoms with Gasteiger partial charge >= 0.3 is 0 Å². The molecule has 5 aromatic rings. The molecular formula is C33H28N6O2. The van der Waals surface area contributed by atoms with E-state index in [1.54, 1.807) is 18.2 Å². The Morgan fingerprint density at radius 1 is 0.512 bits per heavy atom. The number of benzene rings is 5. The number of aromatic hydroxyl groups is 1. The summed E-state index contributed by atoms with van der Waals surface area (Å²) >= 11 is 0. The van der Waals surface area contributed by atoms with Gasteiger partial charge in [0.2, 0.25) is 0 Å². The first-order valence-corrected chi connectivity index (χ1v) is 13.0. The van der Waals surface area contributed by atoms with E-state index in [9.17, 15) is 5.11 Å². The van der Waals surface area contributed by atoms with Gasteiger partial charge < -0.3 is 9.84 Å². The number of ether oxygens (including phenoxy) is 1. The molecule has 0 bridgehead atoms. The molecule has 8 nitrogen and oxygen atoms in total. The quantitative estimate of drug-likeness (QED) is 0.188. The fourth-order valence-electron chi connectivity index (χ4n) is 3.83. The third-order valence-electron chi connectivity index (χ3n) is 6.12. The molecule has 0 heterocycles. The molecule has 0 radical (unpaired) electrons. The fraction of sp³-hybridized carbons (Fsp3) is 0.0909. The van der Waals surface area contributed by atoms with Crippen molar-refractivity contribution >= 4 is 34.1 Å². The van der Waals surface area contributed by atoms with Gasteiger partial charge in [-0.2, -0.15) is 30.7 Å². The van der Waals surface area contributed by atoms with Gasteiger partial charge in [-0.05, 0) is 115 Å². The maximum Gasteiger partial charge on any atom is 0.120 e. The second-order valence-corrected chi connectivity index (χ2v) is 9.33. The van der Waals surface area contributed by atoms with E-state index >= 15 is 0 Å². The lowest BCUT2D eigenvalue weighted by molar-refractivity contribution is 0.306. The van der Waals surface area contributed by atoms with Gasteiger partial charge in [0, 0.05) is 0 Å². The number of hydrogen-bond donors (Lipinski definition) is 1. The van der Waals surface area contributed by atoms with E-state index in [0.29, 0.717) is 35.0 Å². The Balaban J connectivity index is 1.15. The van der Waals surface area contributed by atoms with E-state index in [4.69, 9.17) is 4.74 Å². The van der Waals surface area contributed by atoms with Crippen molar-refractivity contribution in [3.05, 3.63) is 132 Å². The lowest BCUT2D eigenvalue weighted by Gasteiger charge is -2.08. The molecule has 0 aliphatic rings. The van der Waals surface area contributed by atoms with Crippen molar-refractivity contribution in [2.75, 3.05) is 0 Å². The van der Waals surface area contributed by atoms with E-state index in [0.717, 1.165) is 28.1 Å². The summed E-state index contributed by atoms with van der Waals surface area (Å²) in [6, 6.07) is 35.5. The van der Waals surface area contributed by atoms with Crippen LogP contribution in [-0.2, 0) is 6.61 Å². The molecule has 0 aliphatic heterocycles. The molecule has 0 unspecified atom stereocenters. The van der Waals surface area contributed by atoms with Gasteiger partial charge in [0.1, 0.15) is 18.1 Å². The number of phenolic OH excluding ortho intramolecular Hbond substituents is 1. The Labute approximate surface area is 238 Å². The van der Waals surface area contributed by atoms with Crippen molar-refractivity contribution in [1.29, 1.82) is 0 Å². The lowest BCUT2D eigenvalue weighted by Crippen LogP contribution is -1.95. The lowest BCUT2D eigenvalue weighted by atomic mass is 10.2. The molecule has 0 aromatic heterocycles. The zero-order valence-electron chi connectivity index (χ0n) is 22.7. The Bertz CT molecular complexity index is 1700. The fourth-order valence-corrected chi connectivity index (χ4v) is 3.83. The van der Waals surface area contributed by atoms with Crippen LogP contribution >= 0.6 is 0 Å². The van der Waals surface area contributed by atoms with Gasteiger partial charge in [0.15, 0.2) is 0 Å². The number of azo groups is 3. The number of aryl methyl sites for hydroxylation is 2. The van der Waals surface area contributed by atoms with Crippen molar-refractivity contribution in [2.45, 2.75) is 20.5 Å². The number of hydrogen-bond acceptors (Lipinski definition) is 8. The summed E-state index contributed by atoms with van der Waals surface area (Å²) in [5.74, 6) is 1.00. The average Bonchev–Trinajstić information content (AvgIpc) is 3.00. The van der Waals surface area contributed by atoms with Gasteiger partial charge in [-0.1, -0.05) is 30.3 Å². The van der Waals surface area contributed by atoms with Crippen LogP contribution in [0.25, 0.3) is 0 Å². The molecule has 0 fully saturated rings. The molecule has 0 atom stereocenters. The monoisotopic (exact) mass is 540 g/mol. The van der Waals surface area contributed by atoms with Gasteiger partial charge in [-0.25, -0.2) is 0 Å². The van der Waals surface area contributed by atoms with Crippen LogP contribution in [0.5, 0.6) is 11.5 Å². The topological polar surface area (TPSA) is 104 Å². The van der Waals surface area contributed by atoms with Crippen molar-refractivity contribution in [3.63, 3.8) is 0 Å². The minimum Gasteiger partial charge on any atom is -0.508 e. The third kappa shape index (κ3) is 7.77. The van der Waals surface area contributed by atoms with Crippen molar-refractivity contribution in [3.8, 4) is 11.5 Å². The first-order valence-electron chi connectivity index (χ1n) is 13.0. The summed E-state index contributed by atoms with van der Waals surface area (Å²) in [6.07, 6.45) is 0. The summed E-state index contributed by atoms with van der Waals surface area (Å²) in [7, 11) is 0. The number of rotatable bonds is 9. The van der Waals surface area contributed by atoms with Crippen LogP contribution < -0.4 is 4.74 Å². The van der Waals surface area contributed by atoms with Crippen LogP contribution in [-0.4, -0.2) is 5.11 Å². The molecule has 0 aliphatic carbocycles. The highest BCUT2D eigenvalue weighted by molar-refractivity contribution is 5.52. The first kappa shape index (κ1) is 27.1. The number of phenols is 1. The Morgan fingerprint density at radius 2 is 0.976 bits per heavy atom. The maximum atomic E-state index is 9.52. The zero-order chi connectivity index (χ0) is 28.4. The summed E-state index contributed by atoms with van der Waals surface area (Å²) in [5.41, 5.74) is 7.23. The molecular weight excluding hydrogens is 512 g/mol. The molecule has 5 aromatic carbocycles. The Kier molecular flexibility index (Phi) is 8.61. The minimum absolute atomic E-state index is 0.206. The third-order valence-corrected chi connectivity index (χ3v) is 6.12. The second kappa shape index (κ2) is 13.0. The summed E-state index contributed by atoms with van der Waals surface area (Å²) in [4.78, 5) is 0. The van der Waals surface area contributed by atoms with E-state index < -0.39 is 0 Å². The van der Waals surface area contributed by atoms with Crippen LogP contribution in [0.2, 0.25) is 0 Å². The van der Waals surface area contributed by atoms with Gasteiger partial charge in [0.25, 0.3) is 0 Å². The van der Waals surface area contributed by atoms with E-state index in [2.05, 4.69) is 30.7 Å². The summed E-state index contributed by atoms with van der Waals surface area (Å²) in [6.45, 7) is 4.37. The summed E-state index contributed by atoms with van der Waals surface area (Å²) in [5, 5.41) is 35.4. The molecule has 5 rings (SSSR count). The smallest absolute Gasteiger partial charge is 0.120 e. The van der Waals surface area contributed by atoms with E-state index in [1.807, 2.05) is 111 Å². The highest BCUT2D eigenvalue weighted by Crippen LogP contribution is 2.29. The predicted octanol–water partition coefficient (Wildman–Crippen LogP) is 10.8. The standard InChI is InChI=1S/C33H28N6O2/c1-23-20-30(40)16-18-32(23)38-36-28-12-8-26(9-13-28)34-35-27-10-14-29(15-11-27)37-39-33-19-17-31(21-24(33)2)41-22-25-6-4-3-5-7-25/h3-21,40H,22H2,1-2H3. The molecule has 8 heteroatoms. The highest BCUT2D eigenvalue weighted by atomic mass is 16.5.